The molecule has 1 fully saturated rings. The summed E-state index contributed by atoms with van der Waals surface area (Å²) in [5.41, 5.74) is 1.69. The van der Waals surface area contributed by atoms with Crippen molar-refractivity contribution in [3.8, 4) is 0 Å². The molecule has 7 heteroatoms. The minimum Gasteiger partial charge on any atom is -0.353 e. The van der Waals surface area contributed by atoms with E-state index in [4.69, 9.17) is 0 Å². The zero-order chi connectivity index (χ0) is 19.3. The van der Waals surface area contributed by atoms with Gasteiger partial charge in [0.2, 0.25) is 10.0 Å². The van der Waals surface area contributed by atoms with Crippen molar-refractivity contribution in [1.29, 1.82) is 0 Å². The van der Waals surface area contributed by atoms with Crippen LogP contribution in [0.15, 0.2) is 42.6 Å². The predicted octanol–water partition coefficient (Wildman–Crippen LogP) is 3.20. The first-order valence-corrected chi connectivity index (χ1v) is 11.2. The summed E-state index contributed by atoms with van der Waals surface area (Å²) in [6.45, 7) is 2.30. The Bertz CT molecular complexity index is 825. The second-order valence-electron chi connectivity index (χ2n) is 7.24. The van der Waals surface area contributed by atoms with E-state index in [0.717, 1.165) is 31.6 Å². The zero-order valence-electron chi connectivity index (χ0n) is 15.8. The summed E-state index contributed by atoms with van der Waals surface area (Å²) in [4.78, 5) is 2.39. The molecule has 1 aromatic carbocycles. The molecule has 27 heavy (non-hydrogen) atoms. The average Bonchev–Trinajstić information content (AvgIpc) is 2.88. The molecule has 1 aliphatic rings. The monoisotopic (exact) mass is 393 g/mol. The second-order valence-corrected chi connectivity index (χ2v) is 9.05. The molecule has 148 valence electrons. The molecule has 5 nitrogen and oxygen atoms in total. The number of likely N-dealkylation sites (tertiary alicyclic amines) is 1. The maximum atomic E-state index is 13.0. The van der Waals surface area contributed by atoms with Crippen LogP contribution in [0.25, 0.3) is 0 Å². The van der Waals surface area contributed by atoms with E-state index in [1.807, 2.05) is 19.3 Å². The summed E-state index contributed by atoms with van der Waals surface area (Å²) >= 11 is 0. The summed E-state index contributed by atoms with van der Waals surface area (Å²) in [5, 5.41) is 0. The lowest BCUT2D eigenvalue weighted by molar-refractivity contribution is 0.199. The largest absolute Gasteiger partial charge is 0.353 e. The van der Waals surface area contributed by atoms with E-state index < -0.39 is 10.0 Å². The van der Waals surface area contributed by atoms with Gasteiger partial charge in [0.1, 0.15) is 5.82 Å². The molecular formula is C20H28FN3O2S. The minimum atomic E-state index is -3.50. The molecule has 0 unspecified atom stereocenters. The highest BCUT2D eigenvalue weighted by atomic mass is 32.2. The van der Waals surface area contributed by atoms with Gasteiger partial charge in [-0.2, -0.15) is 0 Å². The molecule has 2 aromatic rings. The number of aromatic nitrogens is 1. The Morgan fingerprint density at radius 3 is 2.33 bits per heavy atom. The summed E-state index contributed by atoms with van der Waals surface area (Å²) < 4.78 is 43.0. The van der Waals surface area contributed by atoms with E-state index in [9.17, 15) is 12.8 Å². The van der Waals surface area contributed by atoms with Crippen LogP contribution in [-0.4, -0.2) is 37.5 Å². The second kappa shape index (κ2) is 8.99. The average molecular weight is 394 g/mol. The molecule has 0 spiro atoms. The Kier molecular flexibility index (Phi) is 6.68. The van der Waals surface area contributed by atoms with E-state index >= 15 is 0 Å². The number of benzene rings is 1. The molecule has 2 heterocycles. The Labute approximate surface area is 161 Å². The number of sulfonamides is 1. The highest BCUT2D eigenvalue weighted by molar-refractivity contribution is 7.88. The molecule has 1 aromatic heterocycles. The Morgan fingerprint density at radius 2 is 1.74 bits per heavy atom. The number of hydrogen-bond donors (Lipinski definition) is 1. The molecule has 0 amide bonds. The molecule has 0 saturated carbocycles. The smallest absolute Gasteiger partial charge is 0.215 e. The maximum absolute atomic E-state index is 13.0. The third-order valence-corrected chi connectivity index (χ3v) is 6.49. The minimum absolute atomic E-state index is 0.00564. The van der Waals surface area contributed by atoms with Crippen molar-refractivity contribution in [2.45, 2.75) is 37.5 Å². The van der Waals surface area contributed by atoms with Crippen LogP contribution in [-0.2, 0) is 22.8 Å². The van der Waals surface area contributed by atoms with Crippen molar-refractivity contribution in [1.82, 2.24) is 14.2 Å². The van der Waals surface area contributed by atoms with Gasteiger partial charge >= 0.3 is 0 Å². The van der Waals surface area contributed by atoms with E-state index in [-0.39, 0.29) is 17.6 Å². The molecular weight excluding hydrogens is 365 g/mol. The SMILES string of the molecule is Cn1cccc1[C@@H](CNS(=O)(=O)Cc1ccc(F)cc1)N1CCCCCC1. The Balaban J connectivity index is 1.71. The molecule has 1 saturated heterocycles. The molecule has 1 atom stereocenters. The number of nitrogens with one attached hydrogen (secondary N) is 1. The third kappa shape index (κ3) is 5.64. The van der Waals surface area contributed by atoms with Gasteiger partial charge in [0.05, 0.1) is 11.8 Å². The number of rotatable bonds is 7. The van der Waals surface area contributed by atoms with Crippen LogP contribution in [0.4, 0.5) is 4.39 Å². The summed E-state index contributed by atoms with van der Waals surface area (Å²) in [7, 11) is -1.51. The lowest BCUT2D eigenvalue weighted by Crippen LogP contribution is -2.39. The molecule has 0 radical (unpaired) electrons. The number of aryl methyl sites for hydroxylation is 1. The van der Waals surface area contributed by atoms with Gasteiger partial charge in [-0.05, 0) is 55.8 Å². The van der Waals surface area contributed by atoms with Crippen LogP contribution in [0.2, 0.25) is 0 Å². The topological polar surface area (TPSA) is 54.3 Å². The Hall–Kier alpha value is -1.70. The van der Waals surface area contributed by atoms with Crippen LogP contribution in [0, 0.1) is 5.82 Å². The lowest BCUT2D eigenvalue weighted by atomic mass is 10.1. The fourth-order valence-electron chi connectivity index (χ4n) is 3.71. The van der Waals surface area contributed by atoms with Crippen LogP contribution in [0.3, 0.4) is 0 Å². The van der Waals surface area contributed by atoms with Crippen molar-refractivity contribution in [3.63, 3.8) is 0 Å². The van der Waals surface area contributed by atoms with Gasteiger partial charge < -0.3 is 4.57 Å². The lowest BCUT2D eigenvalue weighted by Gasteiger charge is -2.31. The first-order valence-electron chi connectivity index (χ1n) is 9.52. The van der Waals surface area contributed by atoms with Crippen LogP contribution < -0.4 is 4.72 Å². The Morgan fingerprint density at radius 1 is 1.07 bits per heavy atom. The first-order chi connectivity index (χ1) is 12.9. The highest BCUT2D eigenvalue weighted by Gasteiger charge is 2.25. The predicted molar refractivity (Wildman–Crippen MR) is 105 cm³/mol. The van der Waals surface area contributed by atoms with Crippen LogP contribution in [0.5, 0.6) is 0 Å². The molecule has 1 aliphatic heterocycles. The van der Waals surface area contributed by atoms with Crippen LogP contribution in [0.1, 0.15) is 43.0 Å². The number of hydrogen-bond acceptors (Lipinski definition) is 3. The summed E-state index contributed by atoms with van der Waals surface area (Å²) in [6, 6.07) is 9.66. The zero-order valence-corrected chi connectivity index (χ0v) is 16.6. The van der Waals surface area contributed by atoms with Gasteiger partial charge in [-0.15, -0.1) is 0 Å². The van der Waals surface area contributed by atoms with Crippen molar-refractivity contribution in [2.75, 3.05) is 19.6 Å². The van der Waals surface area contributed by atoms with Crippen molar-refractivity contribution in [3.05, 3.63) is 59.7 Å². The molecule has 1 N–H and O–H groups in total. The van der Waals surface area contributed by atoms with Gasteiger partial charge in [0.15, 0.2) is 0 Å². The number of halogens is 1. The van der Waals surface area contributed by atoms with Gasteiger partial charge in [-0.3, -0.25) is 4.90 Å². The molecule has 0 bridgehead atoms. The van der Waals surface area contributed by atoms with Gasteiger partial charge in [-0.1, -0.05) is 25.0 Å². The standard InChI is InChI=1S/C20H28FN3O2S/c1-23-12-6-7-19(23)20(24-13-4-2-3-5-14-24)15-22-27(25,26)16-17-8-10-18(21)11-9-17/h6-12,20,22H,2-5,13-16H2,1H3/t20-/m1/s1. The quantitative estimate of drug-likeness (QED) is 0.786. The van der Waals surface area contributed by atoms with E-state index in [1.165, 1.54) is 37.1 Å². The normalized spacial score (nSPS) is 17.6. The highest BCUT2D eigenvalue weighted by Crippen LogP contribution is 2.24. The third-order valence-electron chi connectivity index (χ3n) is 5.17. The van der Waals surface area contributed by atoms with Gasteiger partial charge in [-0.25, -0.2) is 17.5 Å². The van der Waals surface area contributed by atoms with Crippen molar-refractivity contribution >= 4 is 10.0 Å². The first kappa shape index (κ1) is 20.0. The molecule has 0 aliphatic carbocycles. The van der Waals surface area contributed by atoms with Gasteiger partial charge in [0, 0.05) is 25.5 Å². The fourth-order valence-corrected chi connectivity index (χ4v) is 4.85. The van der Waals surface area contributed by atoms with Crippen LogP contribution >= 0.6 is 0 Å². The molecule has 3 rings (SSSR count). The van der Waals surface area contributed by atoms with Crippen molar-refractivity contribution < 1.29 is 12.8 Å². The maximum Gasteiger partial charge on any atom is 0.215 e. The fraction of sp³-hybridized carbons (Fsp3) is 0.500. The van der Waals surface area contributed by atoms with E-state index in [0.29, 0.717) is 12.1 Å². The number of nitrogens with zero attached hydrogens (tertiary/aromatic N) is 2. The van der Waals surface area contributed by atoms with Gasteiger partial charge in [0.25, 0.3) is 0 Å². The van der Waals surface area contributed by atoms with E-state index in [1.54, 1.807) is 0 Å². The van der Waals surface area contributed by atoms with Crippen molar-refractivity contribution in [2.24, 2.45) is 7.05 Å². The van der Waals surface area contributed by atoms with E-state index in [2.05, 4.69) is 20.3 Å². The summed E-state index contributed by atoms with van der Waals surface area (Å²) in [6.07, 6.45) is 6.74. The summed E-state index contributed by atoms with van der Waals surface area (Å²) in [5.74, 6) is -0.512.